The van der Waals surface area contributed by atoms with Crippen molar-refractivity contribution in [2.24, 2.45) is 4.99 Å². The van der Waals surface area contributed by atoms with Gasteiger partial charge in [-0.1, -0.05) is 48.0 Å². The first-order chi connectivity index (χ1) is 14.5. The van der Waals surface area contributed by atoms with Gasteiger partial charge in [0.15, 0.2) is 5.17 Å². The van der Waals surface area contributed by atoms with Crippen molar-refractivity contribution in [3.63, 3.8) is 0 Å². The third-order valence-electron chi connectivity index (χ3n) is 4.28. The number of thioether (sulfide) groups is 1. The molecule has 1 heterocycles. The van der Waals surface area contributed by atoms with Crippen LogP contribution in [0.2, 0.25) is 5.02 Å². The number of carbonyl (C=O) groups excluding carboxylic acids is 1. The summed E-state index contributed by atoms with van der Waals surface area (Å²) in [4.78, 5) is 30.3. The number of amides is 1. The largest absolute Gasteiger partial charge is 0.271 e. The summed E-state index contributed by atoms with van der Waals surface area (Å²) in [6.45, 7) is 0. The van der Waals surface area contributed by atoms with Gasteiger partial charge < -0.3 is 0 Å². The van der Waals surface area contributed by atoms with Crippen molar-refractivity contribution in [3.05, 3.63) is 104 Å². The summed E-state index contributed by atoms with van der Waals surface area (Å²) >= 11 is 7.41. The van der Waals surface area contributed by atoms with E-state index in [9.17, 15) is 14.9 Å². The minimum absolute atomic E-state index is 0.0974. The van der Waals surface area contributed by atoms with Crippen LogP contribution in [-0.2, 0) is 4.79 Å². The van der Waals surface area contributed by atoms with Gasteiger partial charge in [0.2, 0.25) is 0 Å². The number of benzene rings is 3. The van der Waals surface area contributed by atoms with E-state index in [1.807, 2.05) is 60.7 Å². The summed E-state index contributed by atoms with van der Waals surface area (Å²) in [6.07, 6.45) is 1.56. The third-order valence-corrected chi connectivity index (χ3v) is 5.59. The molecule has 0 saturated carbocycles. The molecule has 1 saturated heterocycles. The highest BCUT2D eigenvalue weighted by Crippen LogP contribution is 2.38. The quantitative estimate of drug-likeness (QED) is 0.283. The minimum atomic E-state index is -0.499. The summed E-state index contributed by atoms with van der Waals surface area (Å²) < 4.78 is 0. The molecular formula is C22H14ClN3O3S. The summed E-state index contributed by atoms with van der Waals surface area (Å²) in [5.41, 5.74) is 1.69. The van der Waals surface area contributed by atoms with Gasteiger partial charge in [0.25, 0.3) is 11.6 Å². The molecular weight excluding hydrogens is 422 g/mol. The van der Waals surface area contributed by atoms with Gasteiger partial charge in [0.1, 0.15) is 0 Å². The van der Waals surface area contributed by atoms with Crippen LogP contribution in [0.1, 0.15) is 5.56 Å². The number of halogens is 1. The van der Waals surface area contributed by atoms with Crippen LogP contribution in [0.4, 0.5) is 17.1 Å². The summed E-state index contributed by atoms with van der Waals surface area (Å²) in [5.74, 6) is -0.275. The van der Waals surface area contributed by atoms with Crippen molar-refractivity contribution in [2.45, 2.75) is 0 Å². The van der Waals surface area contributed by atoms with Crippen LogP contribution in [0, 0.1) is 10.1 Å². The summed E-state index contributed by atoms with van der Waals surface area (Å²) in [7, 11) is 0. The number of amidine groups is 1. The van der Waals surface area contributed by atoms with Crippen molar-refractivity contribution in [1.82, 2.24) is 0 Å². The third kappa shape index (κ3) is 4.12. The zero-order chi connectivity index (χ0) is 21.1. The molecule has 0 radical (unpaired) electrons. The monoisotopic (exact) mass is 435 g/mol. The van der Waals surface area contributed by atoms with Gasteiger partial charge in [-0.05, 0) is 48.2 Å². The van der Waals surface area contributed by atoms with Gasteiger partial charge in [-0.3, -0.25) is 19.8 Å². The molecule has 1 amide bonds. The standard InChI is InChI=1S/C22H14ClN3O3S/c23-19-12-11-18(26(28)29)13-15(19)14-20-21(27)25(17-9-5-2-6-10-17)22(30-20)24-16-7-3-1-4-8-16/h1-14H/b20-14-,24-22?. The van der Waals surface area contributed by atoms with Crippen LogP contribution in [0.3, 0.4) is 0 Å². The summed E-state index contributed by atoms with van der Waals surface area (Å²) in [6, 6.07) is 22.6. The normalized spacial score (nSPS) is 16.4. The van der Waals surface area contributed by atoms with E-state index in [1.165, 1.54) is 34.9 Å². The number of para-hydroxylation sites is 2. The highest BCUT2D eigenvalue weighted by Gasteiger charge is 2.34. The molecule has 0 spiro atoms. The smallest absolute Gasteiger partial charge is 0.268 e. The molecule has 6 nitrogen and oxygen atoms in total. The fourth-order valence-corrected chi connectivity index (χ4v) is 4.03. The molecule has 0 bridgehead atoms. The number of rotatable bonds is 4. The van der Waals surface area contributed by atoms with Crippen molar-refractivity contribution in [2.75, 3.05) is 4.90 Å². The van der Waals surface area contributed by atoms with Crippen LogP contribution < -0.4 is 4.90 Å². The zero-order valence-electron chi connectivity index (χ0n) is 15.4. The van der Waals surface area contributed by atoms with Gasteiger partial charge >= 0.3 is 0 Å². The Kier molecular flexibility index (Phi) is 5.65. The molecule has 0 unspecified atom stereocenters. The number of hydrogen-bond acceptors (Lipinski definition) is 5. The van der Waals surface area contributed by atoms with Crippen molar-refractivity contribution < 1.29 is 9.72 Å². The Labute approximate surface area is 181 Å². The molecule has 1 aliphatic heterocycles. The Morgan fingerprint density at radius 3 is 2.33 bits per heavy atom. The van der Waals surface area contributed by atoms with Crippen molar-refractivity contribution in [1.29, 1.82) is 0 Å². The Hall–Kier alpha value is -3.42. The van der Waals surface area contributed by atoms with Gasteiger partial charge in [-0.15, -0.1) is 0 Å². The lowest BCUT2D eigenvalue weighted by atomic mass is 10.2. The average Bonchev–Trinajstić information content (AvgIpc) is 3.05. The topological polar surface area (TPSA) is 75.8 Å². The van der Waals surface area contributed by atoms with Crippen molar-refractivity contribution in [3.8, 4) is 0 Å². The van der Waals surface area contributed by atoms with E-state index in [0.717, 1.165) is 0 Å². The second kappa shape index (κ2) is 8.52. The minimum Gasteiger partial charge on any atom is -0.268 e. The van der Waals surface area contributed by atoms with Crippen LogP contribution >= 0.6 is 23.4 Å². The molecule has 1 fully saturated rings. The zero-order valence-corrected chi connectivity index (χ0v) is 17.0. The first-order valence-corrected chi connectivity index (χ1v) is 10.1. The Balaban J connectivity index is 1.79. The second-order valence-corrected chi connectivity index (χ2v) is 7.70. The van der Waals surface area contributed by atoms with E-state index in [0.29, 0.717) is 32.0 Å². The number of anilines is 1. The highest BCUT2D eigenvalue weighted by atomic mass is 35.5. The maximum absolute atomic E-state index is 13.2. The fraction of sp³-hybridized carbons (Fsp3) is 0. The van der Waals surface area contributed by atoms with Gasteiger partial charge in [0, 0.05) is 22.7 Å². The number of non-ortho nitro benzene ring substituents is 1. The van der Waals surface area contributed by atoms with Gasteiger partial charge in [-0.25, -0.2) is 4.99 Å². The molecule has 0 atom stereocenters. The van der Waals surface area contributed by atoms with E-state index >= 15 is 0 Å². The lowest BCUT2D eigenvalue weighted by Gasteiger charge is -2.15. The van der Waals surface area contributed by atoms with Crippen LogP contribution in [0.25, 0.3) is 6.08 Å². The molecule has 148 valence electrons. The molecule has 30 heavy (non-hydrogen) atoms. The van der Waals surface area contributed by atoms with E-state index in [4.69, 9.17) is 11.6 Å². The van der Waals surface area contributed by atoms with E-state index < -0.39 is 4.92 Å². The summed E-state index contributed by atoms with van der Waals surface area (Å²) in [5, 5.41) is 11.9. The number of carbonyl (C=O) groups is 1. The van der Waals surface area contributed by atoms with Gasteiger partial charge in [-0.2, -0.15) is 0 Å². The maximum Gasteiger partial charge on any atom is 0.271 e. The molecule has 1 aliphatic rings. The van der Waals surface area contributed by atoms with Crippen LogP contribution in [-0.4, -0.2) is 16.0 Å². The second-order valence-electron chi connectivity index (χ2n) is 6.28. The SMILES string of the molecule is O=C1/C(=C/c2cc([N+](=O)[O-])ccc2Cl)SC(=Nc2ccccc2)N1c1ccccc1. The molecule has 3 aromatic rings. The van der Waals surface area contributed by atoms with E-state index in [-0.39, 0.29) is 11.6 Å². The molecule has 0 N–H and O–H groups in total. The molecule has 8 heteroatoms. The Morgan fingerprint density at radius 2 is 1.67 bits per heavy atom. The first-order valence-electron chi connectivity index (χ1n) is 8.89. The Bertz CT molecular complexity index is 1180. The predicted octanol–water partition coefficient (Wildman–Crippen LogP) is 6.06. The van der Waals surface area contributed by atoms with Crippen molar-refractivity contribution >= 4 is 57.6 Å². The number of nitro benzene ring substituents is 1. The lowest BCUT2D eigenvalue weighted by Crippen LogP contribution is -2.28. The van der Waals surface area contributed by atoms with Crippen LogP contribution in [0.15, 0.2) is 88.8 Å². The highest BCUT2D eigenvalue weighted by molar-refractivity contribution is 8.19. The molecule has 0 aliphatic carbocycles. The first kappa shape index (κ1) is 19.9. The number of nitrogens with zero attached hydrogens (tertiary/aromatic N) is 3. The number of nitro groups is 1. The maximum atomic E-state index is 13.2. The predicted molar refractivity (Wildman–Crippen MR) is 121 cm³/mol. The van der Waals surface area contributed by atoms with Gasteiger partial charge in [0.05, 0.1) is 21.2 Å². The Morgan fingerprint density at radius 1 is 1.00 bits per heavy atom. The lowest BCUT2D eigenvalue weighted by molar-refractivity contribution is -0.384. The molecule has 0 aromatic heterocycles. The molecule has 3 aromatic carbocycles. The van der Waals surface area contributed by atoms with Crippen LogP contribution in [0.5, 0.6) is 0 Å². The number of hydrogen-bond donors (Lipinski definition) is 0. The number of aliphatic imine (C=N–C) groups is 1. The molecule has 4 rings (SSSR count). The fourth-order valence-electron chi connectivity index (χ4n) is 2.86. The van der Waals surface area contributed by atoms with E-state index in [1.54, 1.807) is 6.08 Å². The van der Waals surface area contributed by atoms with E-state index in [2.05, 4.69) is 4.99 Å². The average molecular weight is 436 g/mol.